The molecule has 1 N–H and O–H groups in total. The molecule has 0 aromatic carbocycles. The lowest BCUT2D eigenvalue weighted by Crippen LogP contribution is -2.31. The van der Waals surface area contributed by atoms with Crippen LogP contribution in [0.15, 0.2) is 4.42 Å². The van der Waals surface area contributed by atoms with E-state index in [0.29, 0.717) is 54.1 Å². The number of rotatable bonds is 3. The summed E-state index contributed by atoms with van der Waals surface area (Å²) in [6, 6.07) is 0. The van der Waals surface area contributed by atoms with Crippen LogP contribution in [0.4, 0.5) is 5.82 Å². The number of nitrogens with zero attached hydrogens (tertiary/aromatic N) is 8. The Hall–Kier alpha value is -2.62. The van der Waals surface area contributed by atoms with Gasteiger partial charge in [-0.2, -0.15) is 4.80 Å². The Balaban J connectivity index is 1.79. The first-order valence-corrected chi connectivity index (χ1v) is 9.00. The molecular weight excluding hydrogens is 348 g/mol. The summed E-state index contributed by atoms with van der Waals surface area (Å²) in [6.45, 7) is 11.2. The second kappa shape index (κ2) is 5.95. The molecule has 1 fully saturated rings. The normalized spacial score (nSPS) is 20.7. The molecule has 0 spiro atoms. The molecule has 144 valence electrons. The van der Waals surface area contributed by atoms with Gasteiger partial charge in [-0.3, -0.25) is 0 Å². The van der Waals surface area contributed by atoms with Gasteiger partial charge in [0.15, 0.2) is 11.3 Å². The number of aromatic nitrogens is 7. The van der Waals surface area contributed by atoms with Gasteiger partial charge < -0.3 is 14.4 Å². The van der Waals surface area contributed by atoms with E-state index in [4.69, 9.17) is 9.40 Å². The van der Waals surface area contributed by atoms with Crippen molar-refractivity contribution in [2.45, 2.75) is 58.6 Å². The van der Waals surface area contributed by atoms with Gasteiger partial charge in [0.1, 0.15) is 12.4 Å². The van der Waals surface area contributed by atoms with E-state index < -0.39 is 5.60 Å². The second-order valence-electron chi connectivity index (χ2n) is 8.41. The van der Waals surface area contributed by atoms with E-state index in [1.807, 2.05) is 6.92 Å². The van der Waals surface area contributed by atoms with E-state index >= 15 is 0 Å². The van der Waals surface area contributed by atoms with Crippen LogP contribution in [0.25, 0.3) is 11.2 Å². The molecule has 0 radical (unpaired) electrons. The SMILES string of the molecule is Cc1nnc(Cn2nc3nc(C(C)(C)C)nc(N4CC[C@@](C)(O)C4)c3n2)o1. The summed E-state index contributed by atoms with van der Waals surface area (Å²) in [7, 11) is 0. The van der Waals surface area contributed by atoms with E-state index in [-0.39, 0.29) is 12.0 Å². The van der Waals surface area contributed by atoms with Crippen LogP contribution in [0.2, 0.25) is 0 Å². The average molecular weight is 372 g/mol. The molecule has 0 bridgehead atoms. The third-order valence-electron chi connectivity index (χ3n) is 4.54. The minimum atomic E-state index is -0.740. The first-order chi connectivity index (χ1) is 12.6. The van der Waals surface area contributed by atoms with Gasteiger partial charge in [-0.1, -0.05) is 20.8 Å². The minimum absolute atomic E-state index is 0.238. The monoisotopic (exact) mass is 372 g/mol. The topological polar surface area (TPSA) is 119 Å². The summed E-state index contributed by atoms with van der Waals surface area (Å²) >= 11 is 0. The van der Waals surface area contributed by atoms with Crippen LogP contribution < -0.4 is 4.90 Å². The first kappa shape index (κ1) is 17.8. The van der Waals surface area contributed by atoms with Gasteiger partial charge in [0.2, 0.25) is 17.4 Å². The lowest BCUT2D eigenvalue weighted by atomic mass is 9.96. The van der Waals surface area contributed by atoms with Gasteiger partial charge in [-0.05, 0) is 13.3 Å². The third-order valence-corrected chi connectivity index (χ3v) is 4.54. The zero-order valence-electron chi connectivity index (χ0n) is 16.3. The van der Waals surface area contributed by atoms with Crippen LogP contribution in [-0.2, 0) is 12.0 Å². The van der Waals surface area contributed by atoms with Gasteiger partial charge >= 0.3 is 0 Å². The highest BCUT2D eigenvalue weighted by molar-refractivity contribution is 5.82. The largest absolute Gasteiger partial charge is 0.423 e. The molecule has 4 rings (SSSR count). The van der Waals surface area contributed by atoms with Crippen molar-refractivity contribution in [2.24, 2.45) is 0 Å². The molecule has 1 aliphatic rings. The molecule has 0 unspecified atom stereocenters. The van der Waals surface area contributed by atoms with Crippen molar-refractivity contribution in [3.05, 3.63) is 17.6 Å². The molecule has 10 nitrogen and oxygen atoms in total. The fraction of sp³-hybridized carbons (Fsp3) is 0.647. The molecular formula is C17H24N8O2. The van der Waals surface area contributed by atoms with E-state index in [1.165, 1.54) is 4.80 Å². The zero-order valence-corrected chi connectivity index (χ0v) is 16.3. The Morgan fingerprint density at radius 2 is 1.96 bits per heavy atom. The summed E-state index contributed by atoms with van der Waals surface area (Å²) in [6.07, 6.45) is 0.679. The van der Waals surface area contributed by atoms with Crippen LogP contribution in [0.3, 0.4) is 0 Å². The summed E-state index contributed by atoms with van der Waals surface area (Å²) in [5, 5.41) is 27.3. The van der Waals surface area contributed by atoms with E-state index in [1.54, 1.807) is 6.92 Å². The van der Waals surface area contributed by atoms with Crippen molar-refractivity contribution < 1.29 is 9.52 Å². The molecule has 4 heterocycles. The zero-order chi connectivity index (χ0) is 19.4. The molecule has 10 heteroatoms. The standard InChI is InChI=1S/C17H24N8O2/c1-10-20-21-11(27-10)8-25-22-12-13(23-25)18-15(16(2,3)4)19-14(12)24-7-6-17(5,26)9-24/h26H,6-9H2,1-5H3/t17-/m1/s1. The summed E-state index contributed by atoms with van der Waals surface area (Å²) in [5.41, 5.74) is 0.152. The maximum Gasteiger partial charge on any atom is 0.239 e. The van der Waals surface area contributed by atoms with Crippen molar-refractivity contribution in [1.29, 1.82) is 0 Å². The number of hydrogen-bond donors (Lipinski definition) is 1. The Morgan fingerprint density at radius 3 is 2.56 bits per heavy atom. The van der Waals surface area contributed by atoms with Gasteiger partial charge in [-0.15, -0.1) is 20.4 Å². The van der Waals surface area contributed by atoms with Crippen molar-refractivity contribution in [3.8, 4) is 0 Å². The molecule has 1 atom stereocenters. The fourth-order valence-electron chi connectivity index (χ4n) is 3.11. The van der Waals surface area contributed by atoms with Crippen molar-refractivity contribution in [1.82, 2.24) is 35.2 Å². The fourth-order valence-corrected chi connectivity index (χ4v) is 3.11. The second-order valence-corrected chi connectivity index (χ2v) is 8.41. The summed E-state index contributed by atoms with van der Waals surface area (Å²) in [5.74, 6) is 2.33. The van der Waals surface area contributed by atoms with Crippen LogP contribution in [0.5, 0.6) is 0 Å². The van der Waals surface area contributed by atoms with Crippen molar-refractivity contribution in [2.75, 3.05) is 18.0 Å². The van der Waals surface area contributed by atoms with Crippen LogP contribution in [-0.4, -0.2) is 59.0 Å². The smallest absolute Gasteiger partial charge is 0.239 e. The predicted molar refractivity (Wildman–Crippen MR) is 97.4 cm³/mol. The molecule has 0 aliphatic carbocycles. The highest BCUT2D eigenvalue weighted by Crippen LogP contribution is 2.31. The molecule has 0 saturated carbocycles. The van der Waals surface area contributed by atoms with Crippen molar-refractivity contribution >= 4 is 17.0 Å². The molecule has 1 saturated heterocycles. The number of hydrogen-bond acceptors (Lipinski definition) is 9. The van der Waals surface area contributed by atoms with E-state index in [2.05, 4.69) is 51.0 Å². The molecule has 3 aromatic rings. The highest BCUT2D eigenvalue weighted by atomic mass is 16.4. The maximum atomic E-state index is 10.4. The average Bonchev–Trinajstić information content (AvgIpc) is 3.24. The Bertz CT molecular complexity index is 985. The minimum Gasteiger partial charge on any atom is -0.423 e. The number of aliphatic hydroxyl groups is 1. The molecule has 27 heavy (non-hydrogen) atoms. The van der Waals surface area contributed by atoms with E-state index in [0.717, 1.165) is 0 Å². The number of β-amino-alcohol motifs (C(OH)–C–C–N with tert-alkyl or cyclic N) is 1. The number of aryl methyl sites for hydroxylation is 1. The van der Waals surface area contributed by atoms with Crippen molar-refractivity contribution in [3.63, 3.8) is 0 Å². The summed E-state index contributed by atoms with van der Waals surface area (Å²) in [4.78, 5) is 12.9. The van der Waals surface area contributed by atoms with E-state index in [9.17, 15) is 5.11 Å². The number of anilines is 1. The molecule has 1 aliphatic heterocycles. The molecule has 3 aromatic heterocycles. The van der Waals surface area contributed by atoms with Crippen LogP contribution in [0.1, 0.15) is 51.7 Å². The van der Waals surface area contributed by atoms with Gasteiger partial charge in [0, 0.05) is 25.4 Å². The predicted octanol–water partition coefficient (Wildman–Crippen LogP) is 1.22. The highest BCUT2D eigenvalue weighted by Gasteiger charge is 2.34. The summed E-state index contributed by atoms with van der Waals surface area (Å²) < 4.78 is 5.42. The van der Waals surface area contributed by atoms with Gasteiger partial charge in [0.25, 0.3) is 0 Å². The molecule has 0 amide bonds. The maximum absolute atomic E-state index is 10.4. The first-order valence-electron chi connectivity index (χ1n) is 9.00. The Kier molecular flexibility index (Phi) is 3.91. The van der Waals surface area contributed by atoms with Crippen LogP contribution in [0, 0.1) is 6.92 Å². The Labute approximate surface area is 156 Å². The quantitative estimate of drug-likeness (QED) is 0.723. The van der Waals surface area contributed by atoms with Gasteiger partial charge in [0.05, 0.1) is 5.60 Å². The van der Waals surface area contributed by atoms with Gasteiger partial charge in [-0.25, -0.2) is 9.97 Å². The third kappa shape index (κ3) is 3.48. The van der Waals surface area contributed by atoms with Crippen LogP contribution >= 0.6 is 0 Å². The lowest BCUT2D eigenvalue weighted by Gasteiger charge is -2.22. The Morgan fingerprint density at radius 1 is 1.19 bits per heavy atom. The number of fused-ring (bicyclic) bond motifs is 1. The lowest BCUT2D eigenvalue weighted by molar-refractivity contribution is 0.0839.